The van der Waals surface area contributed by atoms with Crippen LogP contribution in [-0.4, -0.2) is 14.5 Å². The second kappa shape index (κ2) is 4.45. The first-order chi connectivity index (χ1) is 9.58. The number of aromatic nitrogens is 2. The minimum absolute atomic E-state index is 0.0850. The molecule has 0 radical (unpaired) electrons. The van der Waals surface area contributed by atoms with Crippen molar-refractivity contribution in [3.05, 3.63) is 64.0 Å². The van der Waals surface area contributed by atoms with Gasteiger partial charge in [0.25, 0.3) is 5.69 Å². The molecule has 0 amide bonds. The van der Waals surface area contributed by atoms with Crippen LogP contribution in [-0.2, 0) is 0 Å². The molecule has 0 saturated heterocycles. The van der Waals surface area contributed by atoms with Crippen LogP contribution in [0.4, 0.5) is 5.69 Å². The van der Waals surface area contributed by atoms with Crippen LogP contribution < -0.4 is 0 Å². The molecule has 0 aliphatic rings. The van der Waals surface area contributed by atoms with Gasteiger partial charge in [0, 0.05) is 6.07 Å². The summed E-state index contributed by atoms with van der Waals surface area (Å²) in [5.41, 5.74) is 3.32. The minimum atomic E-state index is -0.358. The van der Waals surface area contributed by atoms with E-state index in [1.165, 1.54) is 0 Å². The molecule has 3 aromatic rings. The van der Waals surface area contributed by atoms with Gasteiger partial charge in [-0.15, -0.1) is 0 Å². The normalized spacial score (nSPS) is 10.9. The smallest absolute Gasteiger partial charge is 0.290 e. The molecule has 2 aromatic carbocycles. The van der Waals surface area contributed by atoms with Crippen LogP contribution in [0.2, 0.25) is 0 Å². The van der Waals surface area contributed by atoms with Crippen LogP contribution in [0, 0.1) is 24.0 Å². The van der Waals surface area contributed by atoms with Crippen LogP contribution in [0.25, 0.3) is 16.7 Å². The lowest BCUT2D eigenvalue weighted by Crippen LogP contribution is -2.02. The third-order valence-electron chi connectivity index (χ3n) is 3.30. The number of benzene rings is 2. The summed E-state index contributed by atoms with van der Waals surface area (Å²) in [5.74, 6) is 0.736. The molecule has 0 atom stereocenters. The Morgan fingerprint density at radius 1 is 1.15 bits per heavy atom. The summed E-state index contributed by atoms with van der Waals surface area (Å²) in [6, 6.07) is 12.7. The van der Waals surface area contributed by atoms with Crippen molar-refractivity contribution >= 4 is 16.7 Å². The first kappa shape index (κ1) is 12.3. The van der Waals surface area contributed by atoms with E-state index < -0.39 is 0 Å². The molecule has 20 heavy (non-hydrogen) atoms. The van der Waals surface area contributed by atoms with Crippen molar-refractivity contribution in [2.24, 2.45) is 0 Å². The minimum Gasteiger partial charge on any atom is -0.290 e. The van der Waals surface area contributed by atoms with E-state index in [2.05, 4.69) is 4.98 Å². The van der Waals surface area contributed by atoms with Crippen molar-refractivity contribution in [1.82, 2.24) is 9.55 Å². The fourth-order valence-corrected chi connectivity index (χ4v) is 2.42. The summed E-state index contributed by atoms with van der Waals surface area (Å²) in [6.07, 6.45) is 0. The Kier molecular flexibility index (Phi) is 2.75. The van der Waals surface area contributed by atoms with Crippen molar-refractivity contribution in [3.63, 3.8) is 0 Å². The summed E-state index contributed by atoms with van der Waals surface area (Å²) in [4.78, 5) is 15.3. The molecule has 3 rings (SSSR count). The van der Waals surface area contributed by atoms with E-state index in [1.807, 2.05) is 48.7 Å². The summed E-state index contributed by atoms with van der Waals surface area (Å²) in [5, 5.41) is 11.2. The van der Waals surface area contributed by atoms with Gasteiger partial charge in [-0.25, -0.2) is 4.98 Å². The highest BCUT2D eigenvalue weighted by atomic mass is 16.6. The van der Waals surface area contributed by atoms with Gasteiger partial charge in [-0.05, 0) is 37.6 Å². The van der Waals surface area contributed by atoms with Crippen molar-refractivity contribution in [1.29, 1.82) is 0 Å². The molecule has 1 aromatic heterocycles. The van der Waals surface area contributed by atoms with Crippen LogP contribution >= 0.6 is 0 Å². The van der Waals surface area contributed by atoms with E-state index in [9.17, 15) is 10.1 Å². The third kappa shape index (κ3) is 1.84. The zero-order valence-electron chi connectivity index (χ0n) is 11.2. The summed E-state index contributed by atoms with van der Waals surface area (Å²) in [7, 11) is 0. The van der Waals surface area contributed by atoms with E-state index in [0.717, 1.165) is 22.4 Å². The molecule has 100 valence electrons. The number of hydrogen-bond donors (Lipinski definition) is 0. The maximum Gasteiger partial charge on any atom is 0.293 e. The lowest BCUT2D eigenvalue weighted by Gasteiger charge is -2.08. The molecule has 0 saturated carbocycles. The summed E-state index contributed by atoms with van der Waals surface area (Å²) >= 11 is 0. The largest absolute Gasteiger partial charge is 0.293 e. The van der Waals surface area contributed by atoms with E-state index in [1.54, 1.807) is 12.1 Å². The van der Waals surface area contributed by atoms with Gasteiger partial charge >= 0.3 is 0 Å². The van der Waals surface area contributed by atoms with Gasteiger partial charge in [0.15, 0.2) is 0 Å². The predicted octanol–water partition coefficient (Wildman–Crippen LogP) is 3.55. The van der Waals surface area contributed by atoms with Gasteiger partial charge in [0.2, 0.25) is 0 Å². The molecule has 0 unspecified atom stereocenters. The zero-order valence-corrected chi connectivity index (χ0v) is 11.2. The lowest BCUT2D eigenvalue weighted by molar-refractivity contribution is -0.384. The molecule has 1 heterocycles. The summed E-state index contributed by atoms with van der Waals surface area (Å²) < 4.78 is 1.83. The van der Waals surface area contributed by atoms with E-state index in [-0.39, 0.29) is 10.6 Å². The van der Waals surface area contributed by atoms with Gasteiger partial charge in [0.05, 0.1) is 16.0 Å². The number of aryl methyl sites for hydroxylation is 2. The molecule has 5 heteroatoms. The Hall–Kier alpha value is -2.69. The van der Waals surface area contributed by atoms with Gasteiger partial charge in [-0.3, -0.25) is 14.7 Å². The fraction of sp³-hybridized carbons (Fsp3) is 0.133. The lowest BCUT2D eigenvalue weighted by atomic mass is 10.2. The standard InChI is InChI=1S/C15H13N3O2/c1-10-7-8-14(18(19)20)15(9-10)17-11(2)16-12-5-3-4-6-13(12)17/h3-9H,1-2H3. The van der Waals surface area contributed by atoms with Gasteiger partial charge in [-0.2, -0.15) is 0 Å². The maximum absolute atomic E-state index is 11.2. The first-order valence-electron chi connectivity index (χ1n) is 6.27. The van der Waals surface area contributed by atoms with Crippen molar-refractivity contribution in [3.8, 4) is 5.69 Å². The van der Waals surface area contributed by atoms with Gasteiger partial charge in [-0.1, -0.05) is 18.2 Å². The Morgan fingerprint density at radius 3 is 2.65 bits per heavy atom. The fourth-order valence-electron chi connectivity index (χ4n) is 2.42. The number of nitrogens with zero attached hydrogens (tertiary/aromatic N) is 3. The number of imidazole rings is 1. The van der Waals surface area contributed by atoms with Gasteiger partial charge < -0.3 is 0 Å². The Balaban J connectivity index is 2.39. The first-order valence-corrected chi connectivity index (χ1v) is 6.27. The number of fused-ring (bicyclic) bond motifs is 1. The number of rotatable bonds is 2. The van der Waals surface area contributed by atoms with Gasteiger partial charge in [0.1, 0.15) is 11.5 Å². The van der Waals surface area contributed by atoms with Crippen LogP contribution in [0.3, 0.4) is 0 Å². The Morgan fingerprint density at radius 2 is 1.90 bits per heavy atom. The van der Waals surface area contributed by atoms with E-state index >= 15 is 0 Å². The Labute approximate surface area is 115 Å². The van der Waals surface area contributed by atoms with Crippen molar-refractivity contribution < 1.29 is 4.92 Å². The van der Waals surface area contributed by atoms with Crippen LogP contribution in [0.1, 0.15) is 11.4 Å². The van der Waals surface area contributed by atoms with E-state index in [0.29, 0.717) is 5.69 Å². The van der Waals surface area contributed by atoms with E-state index in [4.69, 9.17) is 0 Å². The second-order valence-electron chi connectivity index (χ2n) is 4.73. The topological polar surface area (TPSA) is 61.0 Å². The number of nitro groups is 1. The predicted molar refractivity (Wildman–Crippen MR) is 77.2 cm³/mol. The summed E-state index contributed by atoms with van der Waals surface area (Å²) in [6.45, 7) is 3.77. The number of nitro benzene ring substituents is 1. The monoisotopic (exact) mass is 267 g/mol. The highest BCUT2D eigenvalue weighted by Crippen LogP contribution is 2.29. The highest BCUT2D eigenvalue weighted by Gasteiger charge is 2.19. The molecular formula is C15H13N3O2. The average molecular weight is 267 g/mol. The average Bonchev–Trinajstić information content (AvgIpc) is 2.73. The SMILES string of the molecule is Cc1ccc([N+](=O)[O-])c(-n2c(C)nc3ccccc32)c1. The molecule has 0 bridgehead atoms. The molecule has 0 aliphatic heterocycles. The molecular weight excluding hydrogens is 254 g/mol. The maximum atomic E-state index is 11.2. The Bertz CT molecular complexity index is 821. The van der Waals surface area contributed by atoms with Crippen LogP contribution in [0.5, 0.6) is 0 Å². The second-order valence-corrected chi connectivity index (χ2v) is 4.73. The molecule has 0 N–H and O–H groups in total. The molecule has 0 spiro atoms. The highest BCUT2D eigenvalue weighted by molar-refractivity contribution is 5.79. The number of hydrogen-bond acceptors (Lipinski definition) is 3. The molecule has 0 fully saturated rings. The zero-order chi connectivity index (χ0) is 14.3. The number of para-hydroxylation sites is 2. The van der Waals surface area contributed by atoms with Crippen molar-refractivity contribution in [2.75, 3.05) is 0 Å². The molecule has 5 nitrogen and oxygen atoms in total. The van der Waals surface area contributed by atoms with Crippen LogP contribution in [0.15, 0.2) is 42.5 Å². The van der Waals surface area contributed by atoms with Crippen molar-refractivity contribution in [2.45, 2.75) is 13.8 Å². The molecule has 0 aliphatic carbocycles. The quantitative estimate of drug-likeness (QED) is 0.527. The third-order valence-corrected chi connectivity index (χ3v) is 3.30.